The minimum atomic E-state index is -0.484. The molecule has 1 heterocycles. The van der Waals surface area contributed by atoms with Gasteiger partial charge in [-0.3, -0.25) is 0 Å². The molecule has 0 saturated carbocycles. The highest BCUT2D eigenvalue weighted by Gasteiger charge is 2.05. The van der Waals surface area contributed by atoms with E-state index in [2.05, 4.69) is 4.98 Å². The Bertz CT molecular complexity index is 440. The topological polar surface area (TPSA) is 53.4 Å². The van der Waals surface area contributed by atoms with Gasteiger partial charge >= 0.3 is 5.97 Å². The predicted molar refractivity (Wildman–Crippen MR) is 55.8 cm³/mol. The lowest BCUT2D eigenvalue weighted by molar-refractivity contribution is -0.146. The second-order valence-corrected chi connectivity index (χ2v) is 2.99. The smallest absolute Gasteiger partial charge is 0.369 e. The predicted octanol–water partition coefficient (Wildman–Crippen LogP) is 0.917. The molecule has 5 nitrogen and oxygen atoms in total. The third kappa shape index (κ3) is 2.84. The molecule has 0 atom stereocenters. The molecule has 82 valence electrons. The van der Waals surface area contributed by atoms with E-state index in [0.717, 1.165) is 0 Å². The van der Waals surface area contributed by atoms with Gasteiger partial charge in [-0.2, -0.15) is 4.73 Å². The number of imidazole rings is 1. The standard InChI is InChI=1S/C11H10N2O3/c14-11(16-13-7-6-12-9-13)8-15-10-4-2-1-3-5-10/h1-7,9H,8H2. The molecular formula is C11H10N2O3. The van der Waals surface area contributed by atoms with Gasteiger partial charge in [0.25, 0.3) is 0 Å². The number of benzene rings is 1. The van der Waals surface area contributed by atoms with Crippen LogP contribution in [-0.4, -0.2) is 22.3 Å². The van der Waals surface area contributed by atoms with Crippen LogP contribution in [0.3, 0.4) is 0 Å². The highest BCUT2D eigenvalue weighted by atomic mass is 16.7. The maximum absolute atomic E-state index is 11.3. The second-order valence-electron chi connectivity index (χ2n) is 2.99. The summed E-state index contributed by atoms with van der Waals surface area (Å²) in [5.41, 5.74) is 0. The lowest BCUT2D eigenvalue weighted by Crippen LogP contribution is -2.24. The zero-order valence-corrected chi connectivity index (χ0v) is 8.45. The average Bonchev–Trinajstić information content (AvgIpc) is 2.81. The van der Waals surface area contributed by atoms with E-state index in [0.29, 0.717) is 5.75 Å². The molecule has 0 aliphatic heterocycles. The first kappa shape index (κ1) is 10.2. The molecule has 0 N–H and O–H groups in total. The van der Waals surface area contributed by atoms with Crippen LogP contribution in [0, 0.1) is 0 Å². The van der Waals surface area contributed by atoms with Crippen LogP contribution in [-0.2, 0) is 4.79 Å². The monoisotopic (exact) mass is 218 g/mol. The van der Waals surface area contributed by atoms with Gasteiger partial charge in [-0.25, -0.2) is 9.78 Å². The van der Waals surface area contributed by atoms with Crippen LogP contribution in [0.25, 0.3) is 0 Å². The molecular weight excluding hydrogens is 208 g/mol. The lowest BCUT2D eigenvalue weighted by Gasteiger charge is -2.05. The van der Waals surface area contributed by atoms with E-state index >= 15 is 0 Å². The summed E-state index contributed by atoms with van der Waals surface area (Å²) in [4.78, 5) is 19.9. The fourth-order valence-corrected chi connectivity index (χ4v) is 1.10. The fourth-order valence-electron chi connectivity index (χ4n) is 1.10. The summed E-state index contributed by atoms with van der Waals surface area (Å²) in [6.07, 6.45) is 4.44. The van der Waals surface area contributed by atoms with Gasteiger partial charge in [0, 0.05) is 6.20 Å². The molecule has 0 radical (unpaired) electrons. The van der Waals surface area contributed by atoms with Gasteiger partial charge in [0.1, 0.15) is 12.1 Å². The Kier molecular flexibility index (Phi) is 3.18. The largest absolute Gasteiger partial charge is 0.482 e. The number of ether oxygens (including phenoxy) is 1. The Morgan fingerprint density at radius 3 is 2.81 bits per heavy atom. The minimum absolute atomic E-state index is 0.137. The van der Waals surface area contributed by atoms with Gasteiger partial charge in [-0.1, -0.05) is 18.2 Å². The van der Waals surface area contributed by atoms with Crippen LogP contribution in [0.1, 0.15) is 0 Å². The summed E-state index contributed by atoms with van der Waals surface area (Å²) in [5, 5.41) is 0. The molecule has 1 aromatic carbocycles. The first-order chi connectivity index (χ1) is 7.84. The number of carbonyl (C=O) groups excluding carboxylic acids is 1. The molecule has 0 fully saturated rings. The summed E-state index contributed by atoms with van der Waals surface area (Å²) < 4.78 is 6.43. The Morgan fingerprint density at radius 2 is 2.12 bits per heavy atom. The zero-order chi connectivity index (χ0) is 11.2. The maximum atomic E-state index is 11.3. The summed E-state index contributed by atoms with van der Waals surface area (Å²) in [7, 11) is 0. The number of carbonyl (C=O) groups is 1. The first-order valence-electron chi connectivity index (χ1n) is 4.71. The van der Waals surface area contributed by atoms with Crippen molar-refractivity contribution in [2.45, 2.75) is 0 Å². The van der Waals surface area contributed by atoms with Crippen molar-refractivity contribution < 1.29 is 14.4 Å². The van der Waals surface area contributed by atoms with Gasteiger partial charge in [-0.15, -0.1) is 0 Å². The van der Waals surface area contributed by atoms with Crippen LogP contribution < -0.4 is 9.57 Å². The second kappa shape index (κ2) is 4.97. The Balaban J connectivity index is 1.80. The van der Waals surface area contributed by atoms with Crippen molar-refractivity contribution in [2.24, 2.45) is 0 Å². The van der Waals surface area contributed by atoms with E-state index in [9.17, 15) is 4.79 Å². The Labute approximate surface area is 92.2 Å². The average molecular weight is 218 g/mol. The SMILES string of the molecule is O=C(COc1ccccc1)On1ccnc1. The number of aromatic nitrogens is 2. The number of hydrogen-bond acceptors (Lipinski definition) is 4. The first-order valence-corrected chi connectivity index (χ1v) is 4.71. The van der Waals surface area contributed by atoms with Crippen molar-refractivity contribution in [3.05, 3.63) is 49.1 Å². The van der Waals surface area contributed by atoms with Crippen molar-refractivity contribution in [3.63, 3.8) is 0 Å². The van der Waals surface area contributed by atoms with Gasteiger partial charge < -0.3 is 9.57 Å². The third-order valence-corrected chi connectivity index (χ3v) is 1.79. The van der Waals surface area contributed by atoms with Crippen LogP contribution in [0.15, 0.2) is 49.1 Å². The van der Waals surface area contributed by atoms with Crippen molar-refractivity contribution in [3.8, 4) is 5.75 Å². The van der Waals surface area contributed by atoms with Crippen LogP contribution in [0.5, 0.6) is 5.75 Å². The maximum Gasteiger partial charge on any atom is 0.369 e. The summed E-state index contributed by atoms with van der Waals surface area (Å²) in [5.74, 6) is 0.145. The van der Waals surface area contributed by atoms with E-state index in [1.165, 1.54) is 23.5 Å². The molecule has 0 bridgehead atoms. The fraction of sp³-hybridized carbons (Fsp3) is 0.0909. The molecule has 1 aromatic heterocycles. The highest BCUT2D eigenvalue weighted by molar-refractivity contribution is 5.71. The Hall–Kier alpha value is -2.30. The molecule has 0 spiro atoms. The van der Waals surface area contributed by atoms with Gasteiger partial charge in [0.15, 0.2) is 6.61 Å². The number of nitrogens with zero attached hydrogens (tertiary/aromatic N) is 2. The molecule has 0 aliphatic rings. The zero-order valence-electron chi connectivity index (χ0n) is 8.45. The number of para-hydroxylation sites is 1. The minimum Gasteiger partial charge on any atom is -0.482 e. The molecule has 2 aromatic rings. The van der Waals surface area contributed by atoms with E-state index in [1.54, 1.807) is 12.1 Å². The summed E-state index contributed by atoms with van der Waals surface area (Å²) >= 11 is 0. The van der Waals surface area contributed by atoms with Crippen molar-refractivity contribution in [1.29, 1.82) is 0 Å². The van der Waals surface area contributed by atoms with Gasteiger partial charge in [-0.05, 0) is 12.1 Å². The normalized spacial score (nSPS) is 9.75. The number of hydrogen-bond donors (Lipinski definition) is 0. The van der Waals surface area contributed by atoms with Crippen LogP contribution >= 0.6 is 0 Å². The van der Waals surface area contributed by atoms with Gasteiger partial charge in [0.05, 0.1) is 6.20 Å². The molecule has 2 rings (SSSR count). The molecule has 0 aliphatic carbocycles. The molecule has 0 saturated heterocycles. The van der Waals surface area contributed by atoms with Crippen LogP contribution in [0.4, 0.5) is 0 Å². The number of rotatable bonds is 4. The molecule has 16 heavy (non-hydrogen) atoms. The molecule has 0 unspecified atom stereocenters. The Morgan fingerprint density at radius 1 is 1.31 bits per heavy atom. The third-order valence-electron chi connectivity index (χ3n) is 1.79. The van der Waals surface area contributed by atoms with E-state index in [-0.39, 0.29) is 6.61 Å². The van der Waals surface area contributed by atoms with Crippen molar-refractivity contribution in [1.82, 2.24) is 9.71 Å². The molecule has 5 heteroatoms. The molecule has 0 amide bonds. The van der Waals surface area contributed by atoms with E-state index < -0.39 is 5.97 Å². The van der Waals surface area contributed by atoms with E-state index in [1.807, 2.05) is 18.2 Å². The van der Waals surface area contributed by atoms with Crippen LogP contribution in [0.2, 0.25) is 0 Å². The summed E-state index contributed by atoms with van der Waals surface area (Å²) in [6, 6.07) is 9.07. The van der Waals surface area contributed by atoms with Crippen molar-refractivity contribution in [2.75, 3.05) is 6.61 Å². The summed E-state index contributed by atoms with van der Waals surface area (Å²) in [6.45, 7) is -0.137. The van der Waals surface area contributed by atoms with Gasteiger partial charge in [0.2, 0.25) is 0 Å². The lowest BCUT2D eigenvalue weighted by atomic mass is 10.3. The highest BCUT2D eigenvalue weighted by Crippen LogP contribution is 2.07. The quantitative estimate of drug-likeness (QED) is 0.765. The van der Waals surface area contributed by atoms with E-state index in [4.69, 9.17) is 9.57 Å². The van der Waals surface area contributed by atoms with Crippen molar-refractivity contribution >= 4 is 5.97 Å².